The van der Waals surface area contributed by atoms with E-state index in [9.17, 15) is 0 Å². The summed E-state index contributed by atoms with van der Waals surface area (Å²) in [6.07, 6.45) is 2.02. The molecule has 1 aliphatic heterocycles. The molecule has 0 bridgehead atoms. The first-order valence-electron chi connectivity index (χ1n) is 7.24. The van der Waals surface area contributed by atoms with Crippen LogP contribution in [0.15, 0.2) is 30.3 Å². The molecule has 0 atom stereocenters. The summed E-state index contributed by atoms with van der Waals surface area (Å²) >= 11 is 6.06. The molecule has 2 heterocycles. The number of aryl methyl sites for hydroxylation is 1. The van der Waals surface area contributed by atoms with E-state index in [4.69, 9.17) is 22.3 Å². The van der Waals surface area contributed by atoms with Crippen molar-refractivity contribution in [3.05, 3.63) is 41.0 Å². The number of aromatic nitrogens is 2. The Morgan fingerprint density at radius 1 is 1.19 bits per heavy atom. The van der Waals surface area contributed by atoms with E-state index in [0.717, 1.165) is 48.8 Å². The molecule has 1 fully saturated rings. The molecule has 2 N–H and O–H groups in total. The van der Waals surface area contributed by atoms with Gasteiger partial charge in [-0.25, -0.2) is 9.97 Å². The van der Waals surface area contributed by atoms with Gasteiger partial charge in [0.05, 0.1) is 0 Å². The van der Waals surface area contributed by atoms with E-state index in [1.807, 2.05) is 37.3 Å². The SMILES string of the molecule is Cc1cc(N2CCC(N)CC2)nc(-c2cccc(Cl)c2)n1. The molecular weight excluding hydrogens is 284 g/mol. The zero-order valence-corrected chi connectivity index (χ0v) is 12.8. The molecule has 0 saturated carbocycles. The Morgan fingerprint density at radius 2 is 1.95 bits per heavy atom. The second kappa shape index (κ2) is 6.00. The highest BCUT2D eigenvalue weighted by Gasteiger charge is 2.18. The summed E-state index contributed by atoms with van der Waals surface area (Å²) in [4.78, 5) is 11.5. The van der Waals surface area contributed by atoms with Crippen LogP contribution >= 0.6 is 11.6 Å². The van der Waals surface area contributed by atoms with Gasteiger partial charge in [0.25, 0.3) is 0 Å². The second-order valence-corrected chi connectivity index (χ2v) is 5.96. The average Bonchev–Trinajstić information content (AvgIpc) is 2.47. The molecular formula is C16H19ClN4. The third-order valence-electron chi connectivity index (χ3n) is 3.79. The zero-order valence-electron chi connectivity index (χ0n) is 12.1. The number of hydrogen-bond acceptors (Lipinski definition) is 4. The topological polar surface area (TPSA) is 55.0 Å². The number of nitrogens with two attached hydrogens (primary N) is 1. The molecule has 5 heteroatoms. The van der Waals surface area contributed by atoms with Crippen LogP contribution in [-0.4, -0.2) is 29.1 Å². The van der Waals surface area contributed by atoms with Crippen molar-refractivity contribution in [2.75, 3.05) is 18.0 Å². The summed E-state index contributed by atoms with van der Waals surface area (Å²) in [5.41, 5.74) is 7.88. The third-order valence-corrected chi connectivity index (χ3v) is 4.02. The lowest BCUT2D eigenvalue weighted by Crippen LogP contribution is -2.40. The van der Waals surface area contributed by atoms with Gasteiger partial charge in [0.1, 0.15) is 5.82 Å². The summed E-state index contributed by atoms with van der Waals surface area (Å²) < 4.78 is 0. The van der Waals surface area contributed by atoms with Crippen LogP contribution in [0, 0.1) is 6.92 Å². The zero-order chi connectivity index (χ0) is 14.8. The summed E-state index contributed by atoms with van der Waals surface area (Å²) in [7, 11) is 0. The van der Waals surface area contributed by atoms with Crippen LogP contribution in [0.2, 0.25) is 5.02 Å². The Morgan fingerprint density at radius 3 is 2.67 bits per heavy atom. The predicted octanol–water partition coefficient (Wildman–Crippen LogP) is 3.03. The molecule has 0 aliphatic carbocycles. The highest BCUT2D eigenvalue weighted by Crippen LogP contribution is 2.24. The Bertz CT molecular complexity index is 636. The molecule has 1 aromatic carbocycles. The fourth-order valence-corrected chi connectivity index (χ4v) is 2.79. The molecule has 0 amide bonds. The number of nitrogens with zero attached hydrogens (tertiary/aromatic N) is 3. The van der Waals surface area contributed by atoms with E-state index in [1.165, 1.54) is 0 Å². The number of hydrogen-bond donors (Lipinski definition) is 1. The van der Waals surface area contributed by atoms with Gasteiger partial charge in [-0.05, 0) is 31.9 Å². The van der Waals surface area contributed by atoms with E-state index >= 15 is 0 Å². The highest BCUT2D eigenvalue weighted by molar-refractivity contribution is 6.30. The van der Waals surface area contributed by atoms with Crippen molar-refractivity contribution in [2.45, 2.75) is 25.8 Å². The summed E-state index contributed by atoms with van der Waals surface area (Å²) in [6.45, 7) is 3.90. The largest absolute Gasteiger partial charge is 0.356 e. The minimum Gasteiger partial charge on any atom is -0.356 e. The van der Waals surface area contributed by atoms with Crippen molar-refractivity contribution in [3.8, 4) is 11.4 Å². The number of halogens is 1. The molecule has 3 rings (SSSR count). The molecule has 110 valence electrons. The maximum atomic E-state index is 6.06. The van der Waals surface area contributed by atoms with Crippen LogP contribution in [0.4, 0.5) is 5.82 Å². The molecule has 1 aliphatic rings. The molecule has 0 unspecified atom stereocenters. The van der Waals surface area contributed by atoms with Gasteiger partial charge in [0, 0.05) is 41.5 Å². The van der Waals surface area contributed by atoms with Gasteiger partial charge in [0.2, 0.25) is 0 Å². The summed E-state index contributed by atoms with van der Waals surface area (Å²) in [6, 6.07) is 10.0. The van der Waals surface area contributed by atoms with Gasteiger partial charge >= 0.3 is 0 Å². The maximum Gasteiger partial charge on any atom is 0.161 e. The van der Waals surface area contributed by atoms with Crippen molar-refractivity contribution >= 4 is 17.4 Å². The van der Waals surface area contributed by atoms with Crippen molar-refractivity contribution in [3.63, 3.8) is 0 Å². The van der Waals surface area contributed by atoms with E-state index < -0.39 is 0 Å². The first kappa shape index (κ1) is 14.3. The Hall–Kier alpha value is -1.65. The van der Waals surface area contributed by atoms with Crippen LogP contribution in [0.25, 0.3) is 11.4 Å². The lowest BCUT2D eigenvalue weighted by atomic mass is 10.1. The standard InChI is InChI=1S/C16H19ClN4/c1-11-9-15(21-7-5-14(18)6-8-21)20-16(19-11)12-3-2-4-13(17)10-12/h2-4,9-10,14H,5-8,18H2,1H3. The maximum absolute atomic E-state index is 6.06. The molecule has 1 saturated heterocycles. The number of anilines is 1. The monoisotopic (exact) mass is 302 g/mol. The van der Waals surface area contributed by atoms with E-state index in [1.54, 1.807) is 0 Å². The van der Waals surface area contributed by atoms with Crippen molar-refractivity contribution in [1.29, 1.82) is 0 Å². The second-order valence-electron chi connectivity index (χ2n) is 5.53. The van der Waals surface area contributed by atoms with E-state index in [-0.39, 0.29) is 0 Å². The first-order chi connectivity index (χ1) is 10.1. The first-order valence-corrected chi connectivity index (χ1v) is 7.62. The van der Waals surface area contributed by atoms with Crippen LogP contribution in [0.5, 0.6) is 0 Å². The Kier molecular flexibility index (Phi) is 4.08. The molecule has 4 nitrogen and oxygen atoms in total. The van der Waals surface area contributed by atoms with Gasteiger partial charge in [-0.2, -0.15) is 0 Å². The average molecular weight is 303 g/mol. The van der Waals surface area contributed by atoms with Crippen LogP contribution in [0.1, 0.15) is 18.5 Å². The quantitative estimate of drug-likeness (QED) is 0.926. The normalized spacial score (nSPS) is 16.2. The highest BCUT2D eigenvalue weighted by atomic mass is 35.5. The number of benzene rings is 1. The van der Waals surface area contributed by atoms with Gasteiger partial charge in [-0.3, -0.25) is 0 Å². The Balaban J connectivity index is 1.93. The minimum atomic E-state index is 0.316. The van der Waals surface area contributed by atoms with Crippen molar-refractivity contribution in [1.82, 2.24) is 9.97 Å². The van der Waals surface area contributed by atoms with Crippen LogP contribution in [-0.2, 0) is 0 Å². The third kappa shape index (κ3) is 3.34. The fraction of sp³-hybridized carbons (Fsp3) is 0.375. The predicted molar refractivity (Wildman–Crippen MR) is 86.6 cm³/mol. The summed E-state index contributed by atoms with van der Waals surface area (Å²) in [5, 5.41) is 0.697. The van der Waals surface area contributed by atoms with E-state index in [0.29, 0.717) is 11.1 Å². The lowest BCUT2D eigenvalue weighted by Gasteiger charge is -2.31. The fourth-order valence-electron chi connectivity index (χ4n) is 2.60. The molecule has 21 heavy (non-hydrogen) atoms. The van der Waals surface area contributed by atoms with Gasteiger partial charge in [-0.15, -0.1) is 0 Å². The van der Waals surface area contributed by atoms with Gasteiger partial charge < -0.3 is 10.6 Å². The summed E-state index contributed by atoms with van der Waals surface area (Å²) in [5.74, 6) is 1.70. The van der Waals surface area contributed by atoms with Crippen molar-refractivity contribution < 1.29 is 0 Å². The molecule has 0 spiro atoms. The van der Waals surface area contributed by atoms with Crippen molar-refractivity contribution in [2.24, 2.45) is 5.73 Å². The lowest BCUT2D eigenvalue weighted by molar-refractivity contribution is 0.498. The smallest absolute Gasteiger partial charge is 0.161 e. The van der Waals surface area contributed by atoms with E-state index in [2.05, 4.69) is 9.88 Å². The van der Waals surface area contributed by atoms with Crippen LogP contribution < -0.4 is 10.6 Å². The Labute approximate surface area is 130 Å². The van der Waals surface area contributed by atoms with Gasteiger partial charge in [-0.1, -0.05) is 23.7 Å². The molecule has 0 radical (unpaired) electrons. The molecule has 2 aromatic rings. The number of rotatable bonds is 2. The van der Waals surface area contributed by atoms with Gasteiger partial charge in [0.15, 0.2) is 5.82 Å². The van der Waals surface area contributed by atoms with Crippen LogP contribution in [0.3, 0.4) is 0 Å². The molecule has 1 aromatic heterocycles. The number of piperidine rings is 1. The minimum absolute atomic E-state index is 0.316.